The first-order chi connectivity index (χ1) is 13.4. The van der Waals surface area contributed by atoms with Crippen molar-refractivity contribution in [3.63, 3.8) is 0 Å². The Morgan fingerprint density at radius 1 is 1.21 bits per heavy atom. The molecule has 3 heterocycles. The SMILES string of the molecule is CN(C)c1ccc(C(=O)N2CCC[C@@](C)(Cc3ccc4c(c3)OCO4)C2)cn1. The third-order valence-corrected chi connectivity index (χ3v) is 5.59. The zero-order chi connectivity index (χ0) is 19.7. The lowest BCUT2D eigenvalue weighted by Crippen LogP contribution is -2.45. The molecule has 1 aromatic carbocycles. The van der Waals surface area contributed by atoms with Gasteiger partial charge in [0.15, 0.2) is 11.5 Å². The van der Waals surface area contributed by atoms with Crippen LogP contribution < -0.4 is 14.4 Å². The molecule has 148 valence electrons. The van der Waals surface area contributed by atoms with Gasteiger partial charge in [0.05, 0.1) is 5.56 Å². The van der Waals surface area contributed by atoms with E-state index >= 15 is 0 Å². The second-order valence-electron chi connectivity index (χ2n) is 8.30. The lowest BCUT2D eigenvalue weighted by molar-refractivity contribution is 0.0550. The molecule has 1 atom stereocenters. The number of pyridine rings is 1. The molecule has 0 bridgehead atoms. The average molecular weight is 381 g/mol. The van der Waals surface area contributed by atoms with Gasteiger partial charge >= 0.3 is 0 Å². The molecular weight excluding hydrogens is 354 g/mol. The molecule has 1 saturated heterocycles. The standard InChI is InChI=1S/C22H27N3O3/c1-22(12-16-5-7-18-19(11-16)28-15-27-18)9-4-10-25(14-22)21(26)17-6-8-20(23-13-17)24(2)3/h5-8,11,13H,4,9-10,12,14-15H2,1-3H3/t22-/m0/s1. The van der Waals surface area contributed by atoms with Gasteiger partial charge in [-0.25, -0.2) is 4.98 Å². The van der Waals surface area contributed by atoms with Gasteiger partial charge < -0.3 is 19.3 Å². The molecule has 0 aliphatic carbocycles. The van der Waals surface area contributed by atoms with Gasteiger partial charge in [-0.1, -0.05) is 13.0 Å². The normalized spacial score (nSPS) is 20.9. The van der Waals surface area contributed by atoms with Crippen LogP contribution in [0.15, 0.2) is 36.5 Å². The molecule has 6 nitrogen and oxygen atoms in total. The first-order valence-corrected chi connectivity index (χ1v) is 9.75. The number of carbonyl (C=O) groups excluding carboxylic acids is 1. The maximum atomic E-state index is 13.0. The van der Waals surface area contributed by atoms with E-state index < -0.39 is 0 Å². The Hall–Kier alpha value is -2.76. The minimum Gasteiger partial charge on any atom is -0.454 e. The monoisotopic (exact) mass is 381 g/mol. The van der Waals surface area contributed by atoms with Crippen LogP contribution in [0.3, 0.4) is 0 Å². The fraction of sp³-hybridized carbons (Fsp3) is 0.455. The highest BCUT2D eigenvalue weighted by Gasteiger charge is 2.34. The Bertz CT molecular complexity index is 866. The molecule has 0 spiro atoms. The number of likely N-dealkylation sites (tertiary alicyclic amines) is 1. The van der Waals surface area contributed by atoms with Crippen LogP contribution >= 0.6 is 0 Å². The number of anilines is 1. The Kier molecular flexibility index (Phi) is 4.87. The summed E-state index contributed by atoms with van der Waals surface area (Å²) >= 11 is 0. The quantitative estimate of drug-likeness (QED) is 0.813. The number of piperidine rings is 1. The van der Waals surface area contributed by atoms with Crippen LogP contribution in [0.5, 0.6) is 11.5 Å². The first-order valence-electron chi connectivity index (χ1n) is 9.75. The summed E-state index contributed by atoms with van der Waals surface area (Å²) in [6, 6.07) is 9.91. The van der Waals surface area contributed by atoms with Crippen molar-refractivity contribution in [1.29, 1.82) is 0 Å². The van der Waals surface area contributed by atoms with Crippen molar-refractivity contribution in [2.45, 2.75) is 26.2 Å². The second kappa shape index (κ2) is 7.34. The summed E-state index contributed by atoms with van der Waals surface area (Å²) in [5.74, 6) is 2.54. The number of benzene rings is 1. The number of ether oxygens (including phenoxy) is 2. The zero-order valence-electron chi connectivity index (χ0n) is 16.8. The van der Waals surface area contributed by atoms with Gasteiger partial charge in [0, 0.05) is 33.4 Å². The summed E-state index contributed by atoms with van der Waals surface area (Å²) < 4.78 is 10.9. The molecule has 2 aromatic rings. The predicted molar refractivity (Wildman–Crippen MR) is 108 cm³/mol. The van der Waals surface area contributed by atoms with E-state index in [1.807, 2.05) is 42.1 Å². The summed E-state index contributed by atoms with van der Waals surface area (Å²) in [6.45, 7) is 4.10. The molecule has 2 aliphatic rings. The second-order valence-corrected chi connectivity index (χ2v) is 8.30. The Morgan fingerprint density at radius 3 is 2.79 bits per heavy atom. The third-order valence-electron chi connectivity index (χ3n) is 5.59. The number of rotatable bonds is 4. The summed E-state index contributed by atoms with van der Waals surface area (Å²) in [7, 11) is 3.88. The van der Waals surface area contributed by atoms with Crippen molar-refractivity contribution in [2.24, 2.45) is 5.41 Å². The lowest BCUT2D eigenvalue weighted by atomic mass is 9.76. The van der Waals surface area contributed by atoms with Crippen LogP contribution in [0.4, 0.5) is 5.82 Å². The Labute approximate surface area is 166 Å². The molecule has 4 rings (SSSR count). The van der Waals surface area contributed by atoms with Crippen LogP contribution in [-0.2, 0) is 6.42 Å². The Morgan fingerprint density at radius 2 is 2.04 bits per heavy atom. The van der Waals surface area contributed by atoms with Gasteiger partial charge in [-0.2, -0.15) is 0 Å². The van der Waals surface area contributed by atoms with E-state index in [2.05, 4.69) is 24.0 Å². The van der Waals surface area contributed by atoms with E-state index in [4.69, 9.17) is 9.47 Å². The average Bonchev–Trinajstić information content (AvgIpc) is 3.15. The summed E-state index contributed by atoms with van der Waals surface area (Å²) in [5.41, 5.74) is 1.91. The smallest absolute Gasteiger partial charge is 0.255 e. The molecule has 6 heteroatoms. The number of nitrogens with zero attached hydrogens (tertiary/aromatic N) is 3. The number of amides is 1. The van der Waals surface area contributed by atoms with Gasteiger partial charge in [0.1, 0.15) is 5.82 Å². The first kappa shape index (κ1) is 18.6. The fourth-order valence-corrected chi connectivity index (χ4v) is 4.14. The maximum absolute atomic E-state index is 13.0. The molecule has 1 fully saturated rings. The predicted octanol–water partition coefficient (Wildman–Crippen LogP) is 3.36. The van der Waals surface area contributed by atoms with Gasteiger partial charge in [0.25, 0.3) is 5.91 Å². The number of hydrogen-bond acceptors (Lipinski definition) is 5. The Balaban J connectivity index is 1.46. The van der Waals surface area contributed by atoms with Crippen LogP contribution in [0, 0.1) is 5.41 Å². The molecule has 0 saturated carbocycles. The van der Waals surface area contributed by atoms with E-state index in [0.717, 1.165) is 49.7 Å². The highest BCUT2D eigenvalue weighted by molar-refractivity contribution is 5.94. The van der Waals surface area contributed by atoms with Gasteiger partial charge in [-0.3, -0.25) is 4.79 Å². The fourth-order valence-electron chi connectivity index (χ4n) is 4.14. The third kappa shape index (κ3) is 3.77. The minimum atomic E-state index is 0.0403. The van der Waals surface area contributed by atoms with Crippen molar-refractivity contribution < 1.29 is 14.3 Å². The summed E-state index contributed by atoms with van der Waals surface area (Å²) in [6.07, 6.45) is 4.70. The molecule has 1 amide bonds. The zero-order valence-corrected chi connectivity index (χ0v) is 16.8. The van der Waals surface area contributed by atoms with Crippen molar-refractivity contribution in [2.75, 3.05) is 38.9 Å². The van der Waals surface area contributed by atoms with Crippen molar-refractivity contribution in [3.8, 4) is 11.5 Å². The minimum absolute atomic E-state index is 0.0403. The summed E-state index contributed by atoms with van der Waals surface area (Å²) in [5, 5.41) is 0. The van der Waals surface area contributed by atoms with Gasteiger partial charge in [-0.15, -0.1) is 0 Å². The van der Waals surface area contributed by atoms with E-state index in [9.17, 15) is 4.79 Å². The van der Waals surface area contributed by atoms with E-state index in [0.29, 0.717) is 12.4 Å². The molecule has 2 aliphatic heterocycles. The van der Waals surface area contributed by atoms with E-state index in [1.165, 1.54) is 5.56 Å². The van der Waals surface area contributed by atoms with Crippen LogP contribution in [0.2, 0.25) is 0 Å². The lowest BCUT2D eigenvalue weighted by Gasteiger charge is -2.40. The van der Waals surface area contributed by atoms with Crippen LogP contribution in [0.1, 0.15) is 35.7 Å². The number of hydrogen-bond donors (Lipinski definition) is 0. The number of carbonyl (C=O) groups is 1. The van der Waals surface area contributed by atoms with Gasteiger partial charge in [0.2, 0.25) is 6.79 Å². The number of aromatic nitrogens is 1. The van der Waals surface area contributed by atoms with E-state index in [1.54, 1.807) is 6.20 Å². The van der Waals surface area contributed by atoms with Crippen LogP contribution in [-0.4, -0.2) is 49.8 Å². The molecular formula is C22H27N3O3. The molecule has 0 radical (unpaired) electrons. The number of fused-ring (bicyclic) bond motifs is 1. The summed E-state index contributed by atoms with van der Waals surface area (Å²) in [4.78, 5) is 21.3. The van der Waals surface area contributed by atoms with Gasteiger partial charge in [-0.05, 0) is 54.5 Å². The van der Waals surface area contributed by atoms with Crippen molar-refractivity contribution in [3.05, 3.63) is 47.7 Å². The van der Waals surface area contributed by atoms with Crippen molar-refractivity contribution >= 4 is 11.7 Å². The maximum Gasteiger partial charge on any atom is 0.255 e. The largest absolute Gasteiger partial charge is 0.454 e. The molecule has 0 N–H and O–H groups in total. The topological polar surface area (TPSA) is 54.9 Å². The molecule has 28 heavy (non-hydrogen) atoms. The van der Waals surface area contributed by atoms with Crippen LogP contribution in [0.25, 0.3) is 0 Å². The van der Waals surface area contributed by atoms with E-state index in [-0.39, 0.29) is 11.3 Å². The highest BCUT2D eigenvalue weighted by atomic mass is 16.7. The van der Waals surface area contributed by atoms with Crippen molar-refractivity contribution in [1.82, 2.24) is 9.88 Å². The molecule has 0 unspecified atom stereocenters. The highest BCUT2D eigenvalue weighted by Crippen LogP contribution is 2.37. The molecule has 1 aromatic heterocycles.